The molecule has 0 saturated heterocycles. The van der Waals surface area contributed by atoms with Crippen LogP contribution in [0.1, 0.15) is 23.6 Å². The molecule has 3 aromatic carbocycles. The molecule has 0 aromatic heterocycles. The maximum Gasteiger partial charge on any atom is 0.329 e. The fourth-order valence-corrected chi connectivity index (χ4v) is 3.25. The van der Waals surface area contributed by atoms with Gasteiger partial charge in [-0.3, -0.25) is 14.4 Å². The molecule has 0 unspecified atom stereocenters. The molecule has 3 N–H and O–H groups in total. The van der Waals surface area contributed by atoms with Crippen molar-refractivity contribution in [1.82, 2.24) is 10.7 Å². The Bertz CT molecular complexity index is 1260. The maximum atomic E-state index is 12.3. The molecule has 3 aromatic rings. The molecule has 0 aliphatic carbocycles. The Morgan fingerprint density at radius 3 is 2.38 bits per heavy atom. The predicted octanol–water partition coefficient (Wildman–Crippen LogP) is 3.83. The van der Waals surface area contributed by atoms with Crippen LogP contribution in [0, 0.1) is 6.92 Å². The van der Waals surface area contributed by atoms with E-state index in [-0.39, 0.29) is 19.1 Å². The first kappa shape index (κ1) is 27.2. The zero-order valence-electron chi connectivity index (χ0n) is 20.4. The van der Waals surface area contributed by atoms with E-state index in [9.17, 15) is 14.4 Å². The fraction of sp³-hybridized carbons (Fsp3) is 0.185. The second-order valence-electron chi connectivity index (χ2n) is 7.84. The number of amides is 3. The van der Waals surface area contributed by atoms with Crippen LogP contribution in [-0.4, -0.2) is 37.1 Å². The SMILES string of the molecule is CCOc1ccc(NC(=O)COc2ccc(Cl)cc2/C=N\NC(=O)C(=O)NCc2ccc(C)cc2)cc1. The second kappa shape index (κ2) is 13.6. The van der Waals surface area contributed by atoms with Gasteiger partial charge in [-0.25, -0.2) is 5.43 Å². The van der Waals surface area contributed by atoms with E-state index in [1.807, 2.05) is 38.1 Å². The number of carbonyl (C=O) groups excluding carboxylic acids is 3. The van der Waals surface area contributed by atoms with E-state index in [0.717, 1.165) is 11.1 Å². The smallest absolute Gasteiger partial charge is 0.329 e. The Morgan fingerprint density at radius 2 is 1.68 bits per heavy atom. The predicted molar refractivity (Wildman–Crippen MR) is 142 cm³/mol. The largest absolute Gasteiger partial charge is 0.494 e. The number of hydrogen-bond acceptors (Lipinski definition) is 6. The molecule has 10 heteroatoms. The van der Waals surface area contributed by atoms with E-state index in [1.54, 1.807) is 42.5 Å². The van der Waals surface area contributed by atoms with E-state index in [1.165, 1.54) is 6.21 Å². The Labute approximate surface area is 219 Å². The summed E-state index contributed by atoms with van der Waals surface area (Å²) in [5.41, 5.74) is 5.12. The van der Waals surface area contributed by atoms with Crippen LogP contribution in [0.5, 0.6) is 11.5 Å². The van der Waals surface area contributed by atoms with Crippen molar-refractivity contribution in [3.05, 3.63) is 88.4 Å². The molecule has 0 aliphatic rings. The number of hydrazone groups is 1. The van der Waals surface area contributed by atoms with Gasteiger partial charge in [-0.2, -0.15) is 5.10 Å². The zero-order valence-corrected chi connectivity index (χ0v) is 21.2. The summed E-state index contributed by atoms with van der Waals surface area (Å²) in [6.45, 7) is 4.34. The van der Waals surface area contributed by atoms with Gasteiger partial charge in [0, 0.05) is 22.8 Å². The monoisotopic (exact) mass is 522 g/mol. The highest BCUT2D eigenvalue weighted by molar-refractivity contribution is 6.35. The molecule has 3 amide bonds. The van der Waals surface area contributed by atoms with Gasteiger partial charge >= 0.3 is 11.8 Å². The van der Waals surface area contributed by atoms with Crippen molar-refractivity contribution < 1.29 is 23.9 Å². The molecule has 9 nitrogen and oxygen atoms in total. The number of hydrogen-bond donors (Lipinski definition) is 3. The first-order valence-electron chi connectivity index (χ1n) is 11.5. The molecule has 0 fully saturated rings. The highest BCUT2D eigenvalue weighted by Gasteiger charge is 2.12. The van der Waals surface area contributed by atoms with Gasteiger partial charge in [0.1, 0.15) is 11.5 Å². The fourth-order valence-electron chi connectivity index (χ4n) is 3.07. The summed E-state index contributed by atoms with van der Waals surface area (Å²) in [6, 6.07) is 19.2. The lowest BCUT2D eigenvalue weighted by molar-refractivity contribution is -0.139. The van der Waals surface area contributed by atoms with Gasteiger partial charge < -0.3 is 20.1 Å². The number of nitrogens with zero attached hydrogens (tertiary/aromatic N) is 1. The third kappa shape index (κ3) is 8.97. The summed E-state index contributed by atoms with van der Waals surface area (Å²) in [6.07, 6.45) is 1.27. The number of halogens is 1. The lowest BCUT2D eigenvalue weighted by Crippen LogP contribution is -2.37. The minimum atomic E-state index is -0.928. The molecule has 0 spiro atoms. The highest BCUT2D eigenvalue weighted by Crippen LogP contribution is 2.22. The lowest BCUT2D eigenvalue weighted by atomic mass is 10.1. The molecule has 0 saturated carbocycles. The molecule has 0 atom stereocenters. The summed E-state index contributed by atoms with van der Waals surface area (Å²) >= 11 is 6.06. The Kier molecular flexibility index (Phi) is 10.0. The minimum Gasteiger partial charge on any atom is -0.494 e. The van der Waals surface area contributed by atoms with E-state index >= 15 is 0 Å². The first-order valence-corrected chi connectivity index (χ1v) is 11.8. The summed E-state index contributed by atoms with van der Waals surface area (Å²) in [4.78, 5) is 36.4. The van der Waals surface area contributed by atoms with Gasteiger partial charge in [0.25, 0.3) is 5.91 Å². The van der Waals surface area contributed by atoms with Crippen molar-refractivity contribution >= 4 is 41.2 Å². The van der Waals surface area contributed by atoms with Gasteiger partial charge in [-0.15, -0.1) is 0 Å². The molecule has 0 aliphatic heterocycles. The van der Waals surface area contributed by atoms with Crippen molar-refractivity contribution in [3.8, 4) is 11.5 Å². The topological polar surface area (TPSA) is 118 Å². The Hall–Kier alpha value is -4.37. The van der Waals surface area contributed by atoms with E-state index in [0.29, 0.717) is 34.4 Å². The van der Waals surface area contributed by atoms with Crippen LogP contribution in [-0.2, 0) is 20.9 Å². The third-order valence-electron chi connectivity index (χ3n) is 4.93. The maximum absolute atomic E-state index is 12.3. The van der Waals surface area contributed by atoms with Crippen LogP contribution in [0.4, 0.5) is 5.69 Å². The summed E-state index contributed by atoms with van der Waals surface area (Å²) in [5.74, 6) is -1.11. The number of aryl methyl sites for hydroxylation is 1. The normalized spacial score (nSPS) is 10.6. The van der Waals surface area contributed by atoms with Crippen LogP contribution in [0.3, 0.4) is 0 Å². The molecular formula is C27H27ClN4O5. The van der Waals surface area contributed by atoms with Crippen molar-refractivity contribution in [1.29, 1.82) is 0 Å². The van der Waals surface area contributed by atoms with Crippen LogP contribution in [0.2, 0.25) is 5.02 Å². The lowest BCUT2D eigenvalue weighted by Gasteiger charge is -2.10. The van der Waals surface area contributed by atoms with E-state index < -0.39 is 11.8 Å². The van der Waals surface area contributed by atoms with Crippen LogP contribution < -0.4 is 25.5 Å². The highest BCUT2D eigenvalue weighted by atomic mass is 35.5. The molecule has 37 heavy (non-hydrogen) atoms. The van der Waals surface area contributed by atoms with E-state index in [2.05, 4.69) is 21.2 Å². The molecule has 0 radical (unpaired) electrons. The number of carbonyl (C=O) groups is 3. The van der Waals surface area contributed by atoms with E-state index in [4.69, 9.17) is 21.1 Å². The Balaban J connectivity index is 1.51. The van der Waals surface area contributed by atoms with Crippen molar-refractivity contribution in [2.24, 2.45) is 5.10 Å². The van der Waals surface area contributed by atoms with Crippen LogP contribution in [0.25, 0.3) is 0 Å². The average molecular weight is 523 g/mol. The van der Waals surface area contributed by atoms with Crippen LogP contribution in [0.15, 0.2) is 71.8 Å². The number of nitrogens with one attached hydrogen (secondary N) is 3. The molecular weight excluding hydrogens is 496 g/mol. The van der Waals surface area contributed by atoms with Crippen molar-refractivity contribution in [3.63, 3.8) is 0 Å². The molecule has 192 valence electrons. The number of rotatable bonds is 10. The molecule has 3 rings (SSSR count). The summed E-state index contributed by atoms with van der Waals surface area (Å²) in [7, 11) is 0. The standard InChI is InChI=1S/C27H27ClN4O5/c1-3-36-23-11-9-22(10-12-23)31-25(33)17-37-24-13-8-21(28)14-20(24)16-30-32-27(35)26(34)29-15-19-6-4-18(2)5-7-19/h4-14,16H,3,15,17H2,1-2H3,(H,29,34)(H,31,33)(H,32,35)/b30-16-. The Morgan fingerprint density at radius 1 is 0.946 bits per heavy atom. The number of ether oxygens (including phenoxy) is 2. The first-order chi connectivity index (χ1) is 17.8. The second-order valence-corrected chi connectivity index (χ2v) is 8.28. The van der Waals surface area contributed by atoms with Gasteiger partial charge in [-0.05, 0) is 61.9 Å². The minimum absolute atomic E-state index is 0.210. The van der Waals surface area contributed by atoms with Crippen molar-refractivity contribution in [2.75, 3.05) is 18.5 Å². The number of benzene rings is 3. The van der Waals surface area contributed by atoms with Gasteiger partial charge in [0.05, 0.1) is 12.8 Å². The number of anilines is 1. The molecule has 0 bridgehead atoms. The zero-order chi connectivity index (χ0) is 26.6. The van der Waals surface area contributed by atoms with Gasteiger partial charge in [0.2, 0.25) is 0 Å². The van der Waals surface area contributed by atoms with Gasteiger partial charge in [-0.1, -0.05) is 41.4 Å². The van der Waals surface area contributed by atoms with Crippen molar-refractivity contribution in [2.45, 2.75) is 20.4 Å². The third-order valence-corrected chi connectivity index (χ3v) is 5.16. The molecule has 0 heterocycles. The summed E-state index contributed by atoms with van der Waals surface area (Å²) in [5, 5.41) is 9.47. The quantitative estimate of drug-likeness (QED) is 0.212. The average Bonchev–Trinajstić information content (AvgIpc) is 2.89. The summed E-state index contributed by atoms with van der Waals surface area (Å²) < 4.78 is 11.0. The van der Waals surface area contributed by atoms with Crippen LogP contribution >= 0.6 is 11.6 Å². The van der Waals surface area contributed by atoms with Gasteiger partial charge in [0.15, 0.2) is 6.61 Å².